The zero-order valence-electron chi connectivity index (χ0n) is 9.66. The maximum Gasteiger partial charge on any atom is 0.0362 e. The Morgan fingerprint density at radius 1 is 1.47 bits per heavy atom. The van der Waals surface area contributed by atoms with E-state index in [1.54, 1.807) is 0 Å². The summed E-state index contributed by atoms with van der Waals surface area (Å²) in [5, 5.41) is 0. The highest BCUT2D eigenvalue weighted by atomic mass is 15.2. The third-order valence-electron chi connectivity index (χ3n) is 3.55. The highest BCUT2D eigenvalue weighted by Gasteiger charge is 2.20. The average molecular weight is 204 g/mol. The van der Waals surface area contributed by atoms with Crippen molar-refractivity contribution in [2.75, 3.05) is 12.3 Å². The first-order valence-corrected chi connectivity index (χ1v) is 5.82. The predicted molar refractivity (Wildman–Crippen MR) is 64.7 cm³/mol. The minimum Gasteiger partial charge on any atom is -0.398 e. The minimum absolute atomic E-state index is 0.665. The van der Waals surface area contributed by atoms with Crippen LogP contribution in [0.4, 0.5) is 5.69 Å². The van der Waals surface area contributed by atoms with Gasteiger partial charge in [0, 0.05) is 24.8 Å². The fourth-order valence-electron chi connectivity index (χ4n) is 2.26. The van der Waals surface area contributed by atoms with Gasteiger partial charge in [0.25, 0.3) is 0 Å². The molecule has 1 atom stereocenters. The van der Waals surface area contributed by atoms with Crippen molar-refractivity contribution < 1.29 is 0 Å². The second kappa shape index (κ2) is 4.23. The first-order valence-electron chi connectivity index (χ1n) is 5.82. The van der Waals surface area contributed by atoms with Crippen LogP contribution < -0.4 is 5.73 Å². The number of nitrogen functional groups attached to an aromatic ring is 1. The number of hydrogen-bond acceptors (Lipinski definition) is 2. The standard InChI is InChI=1S/C13H20N2/c1-3-10(2)15-8-7-11-5-4-6-13(14)12(11)9-15/h4-6,10H,3,7-9,14H2,1-2H3. The van der Waals surface area contributed by atoms with Crippen molar-refractivity contribution in [2.24, 2.45) is 0 Å². The Balaban J connectivity index is 2.22. The van der Waals surface area contributed by atoms with Gasteiger partial charge in [0.15, 0.2) is 0 Å². The molecule has 2 nitrogen and oxygen atoms in total. The Kier molecular flexibility index (Phi) is 2.96. The fourth-order valence-corrected chi connectivity index (χ4v) is 2.26. The molecule has 0 aliphatic carbocycles. The van der Waals surface area contributed by atoms with E-state index in [4.69, 9.17) is 5.73 Å². The molecular weight excluding hydrogens is 184 g/mol. The lowest BCUT2D eigenvalue weighted by Crippen LogP contribution is -2.37. The molecule has 2 N–H and O–H groups in total. The Morgan fingerprint density at radius 3 is 3.00 bits per heavy atom. The van der Waals surface area contributed by atoms with E-state index in [-0.39, 0.29) is 0 Å². The summed E-state index contributed by atoms with van der Waals surface area (Å²) >= 11 is 0. The van der Waals surface area contributed by atoms with Gasteiger partial charge < -0.3 is 5.73 Å². The van der Waals surface area contributed by atoms with Crippen LogP contribution in [0.25, 0.3) is 0 Å². The number of benzene rings is 1. The van der Waals surface area contributed by atoms with Gasteiger partial charge in [-0.05, 0) is 37.0 Å². The molecule has 0 spiro atoms. The third-order valence-corrected chi connectivity index (χ3v) is 3.55. The van der Waals surface area contributed by atoms with E-state index in [1.807, 2.05) is 6.07 Å². The summed E-state index contributed by atoms with van der Waals surface area (Å²) in [6.07, 6.45) is 2.35. The summed E-state index contributed by atoms with van der Waals surface area (Å²) < 4.78 is 0. The summed E-state index contributed by atoms with van der Waals surface area (Å²) in [7, 11) is 0. The zero-order valence-corrected chi connectivity index (χ0v) is 9.66. The number of fused-ring (bicyclic) bond motifs is 1. The van der Waals surface area contributed by atoms with E-state index < -0.39 is 0 Å². The normalized spacial score (nSPS) is 18.5. The fraction of sp³-hybridized carbons (Fsp3) is 0.538. The van der Waals surface area contributed by atoms with Crippen molar-refractivity contribution in [1.82, 2.24) is 4.90 Å². The first kappa shape index (κ1) is 10.5. The minimum atomic E-state index is 0.665. The van der Waals surface area contributed by atoms with Crippen molar-refractivity contribution in [3.8, 4) is 0 Å². The van der Waals surface area contributed by atoms with E-state index in [0.717, 1.165) is 18.7 Å². The molecular formula is C13H20N2. The number of anilines is 1. The molecule has 1 aliphatic rings. The molecule has 0 radical (unpaired) electrons. The molecule has 1 unspecified atom stereocenters. The van der Waals surface area contributed by atoms with Gasteiger partial charge in [0.05, 0.1) is 0 Å². The first-order chi connectivity index (χ1) is 7.22. The second-order valence-electron chi connectivity index (χ2n) is 4.46. The second-order valence-corrected chi connectivity index (χ2v) is 4.46. The molecule has 1 aromatic rings. The van der Waals surface area contributed by atoms with E-state index >= 15 is 0 Å². The Labute approximate surface area is 92.1 Å². The molecule has 82 valence electrons. The van der Waals surface area contributed by atoms with Gasteiger partial charge in [-0.2, -0.15) is 0 Å². The van der Waals surface area contributed by atoms with Gasteiger partial charge in [-0.1, -0.05) is 19.1 Å². The van der Waals surface area contributed by atoms with Crippen molar-refractivity contribution in [3.63, 3.8) is 0 Å². The highest BCUT2D eigenvalue weighted by molar-refractivity contribution is 5.51. The van der Waals surface area contributed by atoms with Crippen LogP contribution in [0.3, 0.4) is 0 Å². The molecule has 0 fully saturated rings. The maximum atomic E-state index is 6.02. The highest BCUT2D eigenvalue weighted by Crippen LogP contribution is 2.25. The largest absolute Gasteiger partial charge is 0.398 e. The van der Waals surface area contributed by atoms with E-state index in [2.05, 4.69) is 30.9 Å². The van der Waals surface area contributed by atoms with Crippen molar-refractivity contribution in [1.29, 1.82) is 0 Å². The summed E-state index contributed by atoms with van der Waals surface area (Å²) in [6.45, 7) is 6.74. The number of rotatable bonds is 2. The van der Waals surface area contributed by atoms with E-state index in [9.17, 15) is 0 Å². The van der Waals surface area contributed by atoms with Crippen molar-refractivity contribution in [3.05, 3.63) is 29.3 Å². The van der Waals surface area contributed by atoms with Gasteiger partial charge >= 0.3 is 0 Å². The van der Waals surface area contributed by atoms with Crippen LogP contribution in [0.2, 0.25) is 0 Å². The molecule has 0 amide bonds. The lowest BCUT2D eigenvalue weighted by Gasteiger charge is -2.33. The van der Waals surface area contributed by atoms with Gasteiger partial charge in [-0.3, -0.25) is 4.90 Å². The molecule has 2 heteroatoms. The third kappa shape index (κ3) is 2.00. The monoisotopic (exact) mass is 204 g/mol. The SMILES string of the molecule is CCC(C)N1CCc2cccc(N)c2C1. The number of hydrogen-bond donors (Lipinski definition) is 1. The molecule has 0 bridgehead atoms. The van der Waals surface area contributed by atoms with Gasteiger partial charge in [0.1, 0.15) is 0 Å². The van der Waals surface area contributed by atoms with Crippen LogP contribution in [0.5, 0.6) is 0 Å². The summed E-state index contributed by atoms with van der Waals surface area (Å²) in [6, 6.07) is 6.95. The van der Waals surface area contributed by atoms with Crippen molar-refractivity contribution >= 4 is 5.69 Å². The number of nitrogens with zero attached hydrogens (tertiary/aromatic N) is 1. The molecule has 0 saturated heterocycles. The quantitative estimate of drug-likeness (QED) is 0.750. The molecule has 2 rings (SSSR count). The molecule has 1 aromatic carbocycles. The van der Waals surface area contributed by atoms with Crippen LogP contribution in [0.15, 0.2) is 18.2 Å². The van der Waals surface area contributed by atoms with Crippen LogP contribution in [0.1, 0.15) is 31.4 Å². The molecule has 0 aromatic heterocycles. The summed E-state index contributed by atoms with van der Waals surface area (Å²) in [5.74, 6) is 0. The van der Waals surface area contributed by atoms with Crippen LogP contribution in [-0.4, -0.2) is 17.5 Å². The lowest BCUT2D eigenvalue weighted by molar-refractivity contribution is 0.187. The maximum absolute atomic E-state index is 6.02. The Hall–Kier alpha value is -1.02. The summed E-state index contributed by atoms with van der Waals surface area (Å²) in [5.41, 5.74) is 9.77. The Morgan fingerprint density at radius 2 is 2.27 bits per heavy atom. The molecule has 0 saturated carbocycles. The molecule has 15 heavy (non-hydrogen) atoms. The van der Waals surface area contributed by atoms with Crippen LogP contribution in [-0.2, 0) is 13.0 Å². The molecule has 1 aliphatic heterocycles. The zero-order chi connectivity index (χ0) is 10.8. The van der Waals surface area contributed by atoms with E-state index in [1.165, 1.54) is 24.1 Å². The average Bonchev–Trinajstić information content (AvgIpc) is 2.28. The Bertz CT molecular complexity index is 346. The number of nitrogens with two attached hydrogens (primary N) is 1. The van der Waals surface area contributed by atoms with Crippen LogP contribution >= 0.6 is 0 Å². The topological polar surface area (TPSA) is 29.3 Å². The van der Waals surface area contributed by atoms with Crippen molar-refractivity contribution in [2.45, 2.75) is 39.3 Å². The van der Waals surface area contributed by atoms with Gasteiger partial charge in [0.2, 0.25) is 0 Å². The van der Waals surface area contributed by atoms with Gasteiger partial charge in [-0.25, -0.2) is 0 Å². The van der Waals surface area contributed by atoms with Gasteiger partial charge in [-0.15, -0.1) is 0 Å². The van der Waals surface area contributed by atoms with E-state index in [0.29, 0.717) is 6.04 Å². The molecule has 1 heterocycles. The smallest absolute Gasteiger partial charge is 0.0362 e. The predicted octanol–water partition coefficient (Wildman–Crippen LogP) is 2.43. The lowest BCUT2D eigenvalue weighted by atomic mass is 9.97. The van der Waals surface area contributed by atoms with Crippen LogP contribution in [0, 0.1) is 0 Å². The summed E-state index contributed by atoms with van der Waals surface area (Å²) in [4.78, 5) is 2.53.